The first-order valence-electron chi connectivity index (χ1n) is 6.63. The van der Waals surface area contributed by atoms with E-state index in [9.17, 15) is 22.8 Å². The summed E-state index contributed by atoms with van der Waals surface area (Å²) in [5.74, 6) is -2.17. The molecule has 1 amide bonds. The number of hydrogen-bond donors (Lipinski definition) is 1. The fraction of sp³-hybridized carbons (Fsp3) is 0.400. The van der Waals surface area contributed by atoms with Crippen LogP contribution in [-0.2, 0) is 15.7 Å². The molecule has 0 aromatic heterocycles. The zero-order valence-electron chi connectivity index (χ0n) is 12.5. The number of carbonyl (C=O) groups is 2. The Morgan fingerprint density at radius 3 is 2.57 bits per heavy atom. The van der Waals surface area contributed by atoms with Crippen molar-refractivity contribution in [3.8, 4) is 6.07 Å². The largest absolute Gasteiger partial charge is 0.467 e. The molecule has 0 aliphatic rings. The monoisotopic (exact) mass is 328 g/mol. The number of esters is 1. The molecule has 5 nitrogen and oxygen atoms in total. The quantitative estimate of drug-likeness (QED) is 0.843. The molecule has 0 spiro atoms. The van der Waals surface area contributed by atoms with Crippen molar-refractivity contribution in [1.29, 1.82) is 5.26 Å². The minimum atomic E-state index is -4.58. The van der Waals surface area contributed by atoms with Crippen molar-refractivity contribution in [2.75, 3.05) is 7.11 Å². The van der Waals surface area contributed by atoms with Crippen LogP contribution in [0.1, 0.15) is 29.3 Å². The number of amides is 1. The van der Waals surface area contributed by atoms with E-state index in [0.717, 1.165) is 19.2 Å². The predicted molar refractivity (Wildman–Crippen MR) is 74.1 cm³/mol. The fourth-order valence-corrected chi connectivity index (χ4v) is 1.88. The Bertz CT molecular complexity index is 623. The van der Waals surface area contributed by atoms with E-state index in [-0.39, 0.29) is 12.0 Å². The normalized spacial score (nSPS) is 13.6. The smallest absolute Gasteiger partial charge is 0.416 e. The Morgan fingerprint density at radius 2 is 2.04 bits per heavy atom. The number of benzene rings is 1. The molecule has 1 aromatic rings. The van der Waals surface area contributed by atoms with Gasteiger partial charge in [0.25, 0.3) is 5.91 Å². The first kappa shape index (κ1) is 18.5. The Balaban J connectivity index is 2.99. The summed E-state index contributed by atoms with van der Waals surface area (Å²) >= 11 is 0. The molecule has 2 atom stereocenters. The van der Waals surface area contributed by atoms with Gasteiger partial charge in [0.1, 0.15) is 6.04 Å². The fourth-order valence-electron chi connectivity index (χ4n) is 1.88. The summed E-state index contributed by atoms with van der Waals surface area (Å²) in [7, 11) is 1.12. The molecule has 0 aliphatic carbocycles. The lowest BCUT2D eigenvalue weighted by Crippen LogP contribution is -2.45. The van der Waals surface area contributed by atoms with E-state index in [2.05, 4.69) is 10.1 Å². The van der Waals surface area contributed by atoms with Gasteiger partial charge < -0.3 is 10.1 Å². The maximum absolute atomic E-state index is 12.7. The number of carbonyl (C=O) groups excluding carboxylic acids is 2. The highest BCUT2D eigenvalue weighted by atomic mass is 19.4. The van der Waals surface area contributed by atoms with Crippen LogP contribution in [0, 0.1) is 17.2 Å². The van der Waals surface area contributed by atoms with Crippen molar-refractivity contribution in [2.45, 2.75) is 25.6 Å². The molecule has 23 heavy (non-hydrogen) atoms. The van der Waals surface area contributed by atoms with Crippen LogP contribution in [0.25, 0.3) is 0 Å². The molecule has 124 valence electrons. The molecule has 0 unspecified atom stereocenters. The molecule has 1 aromatic carbocycles. The summed E-state index contributed by atoms with van der Waals surface area (Å²) < 4.78 is 42.5. The second-order valence-corrected chi connectivity index (χ2v) is 4.89. The van der Waals surface area contributed by atoms with Gasteiger partial charge in [0, 0.05) is 17.9 Å². The number of nitriles is 1. The summed E-state index contributed by atoms with van der Waals surface area (Å²) in [6, 6.07) is 4.57. The van der Waals surface area contributed by atoms with Gasteiger partial charge in [0.05, 0.1) is 18.7 Å². The second kappa shape index (κ2) is 7.63. The lowest BCUT2D eigenvalue weighted by molar-refractivity contribution is -0.144. The van der Waals surface area contributed by atoms with E-state index < -0.39 is 35.6 Å². The van der Waals surface area contributed by atoms with E-state index in [1.54, 1.807) is 6.92 Å². The van der Waals surface area contributed by atoms with Crippen LogP contribution in [-0.4, -0.2) is 25.0 Å². The molecule has 0 saturated heterocycles. The molecule has 1 rings (SSSR count). The molecular formula is C15H15F3N2O3. The number of nitrogens with zero attached hydrogens (tertiary/aromatic N) is 1. The van der Waals surface area contributed by atoms with Gasteiger partial charge in [-0.1, -0.05) is 13.0 Å². The van der Waals surface area contributed by atoms with E-state index in [0.29, 0.717) is 6.07 Å². The lowest BCUT2D eigenvalue weighted by Gasteiger charge is -2.21. The van der Waals surface area contributed by atoms with Gasteiger partial charge in [0.2, 0.25) is 0 Å². The van der Waals surface area contributed by atoms with E-state index in [1.807, 2.05) is 6.07 Å². The average molecular weight is 328 g/mol. The maximum Gasteiger partial charge on any atom is 0.416 e. The highest BCUT2D eigenvalue weighted by Gasteiger charge is 2.32. The highest BCUT2D eigenvalue weighted by Crippen LogP contribution is 2.29. The topological polar surface area (TPSA) is 79.2 Å². The molecule has 0 bridgehead atoms. The van der Waals surface area contributed by atoms with Crippen LogP contribution in [0.15, 0.2) is 24.3 Å². The Labute approximate surface area is 131 Å². The van der Waals surface area contributed by atoms with Crippen LogP contribution in [0.2, 0.25) is 0 Å². The van der Waals surface area contributed by atoms with Crippen molar-refractivity contribution in [1.82, 2.24) is 5.32 Å². The van der Waals surface area contributed by atoms with Crippen molar-refractivity contribution in [2.24, 2.45) is 5.92 Å². The number of halogens is 3. The van der Waals surface area contributed by atoms with Crippen LogP contribution in [0.5, 0.6) is 0 Å². The number of hydrogen-bond acceptors (Lipinski definition) is 4. The highest BCUT2D eigenvalue weighted by molar-refractivity contribution is 5.97. The van der Waals surface area contributed by atoms with Gasteiger partial charge in [-0.2, -0.15) is 18.4 Å². The van der Waals surface area contributed by atoms with E-state index >= 15 is 0 Å². The van der Waals surface area contributed by atoms with Gasteiger partial charge in [-0.05, 0) is 18.2 Å². The van der Waals surface area contributed by atoms with E-state index in [1.165, 1.54) is 6.07 Å². The van der Waals surface area contributed by atoms with Crippen LogP contribution in [0.3, 0.4) is 0 Å². The van der Waals surface area contributed by atoms with Gasteiger partial charge in [-0.25, -0.2) is 4.79 Å². The number of rotatable bonds is 5. The number of nitrogens with one attached hydrogen (secondary N) is 1. The third kappa shape index (κ3) is 4.98. The van der Waals surface area contributed by atoms with Gasteiger partial charge in [-0.3, -0.25) is 4.79 Å². The molecule has 8 heteroatoms. The Morgan fingerprint density at radius 1 is 1.39 bits per heavy atom. The van der Waals surface area contributed by atoms with Gasteiger partial charge in [0.15, 0.2) is 0 Å². The Kier molecular flexibility index (Phi) is 6.13. The Hall–Kier alpha value is -2.56. The SMILES string of the molecule is COC(=O)[C@@H](NC(=O)c1cccc(C(F)(F)F)c1)[C@H](C)CC#N. The van der Waals surface area contributed by atoms with E-state index in [4.69, 9.17) is 5.26 Å². The summed E-state index contributed by atoms with van der Waals surface area (Å²) in [5, 5.41) is 11.0. The zero-order chi connectivity index (χ0) is 17.6. The number of ether oxygens (including phenoxy) is 1. The molecule has 0 fully saturated rings. The zero-order valence-corrected chi connectivity index (χ0v) is 12.5. The second-order valence-electron chi connectivity index (χ2n) is 4.89. The maximum atomic E-state index is 12.7. The van der Waals surface area contributed by atoms with Crippen molar-refractivity contribution in [3.63, 3.8) is 0 Å². The minimum Gasteiger partial charge on any atom is -0.467 e. The first-order chi connectivity index (χ1) is 10.7. The standard InChI is InChI=1S/C15H15F3N2O3/c1-9(6-7-19)12(14(22)23-2)20-13(21)10-4-3-5-11(8-10)15(16,17)18/h3-5,8-9,12H,6H2,1-2H3,(H,20,21)/t9-,12+/m1/s1. The summed E-state index contributed by atoms with van der Waals surface area (Å²) in [5.41, 5.74) is -1.21. The number of alkyl halides is 3. The third-order valence-corrected chi connectivity index (χ3v) is 3.18. The lowest BCUT2D eigenvalue weighted by atomic mass is 9.98. The van der Waals surface area contributed by atoms with Crippen LogP contribution in [0.4, 0.5) is 13.2 Å². The van der Waals surface area contributed by atoms with Crippen LogP contribution < -0.4 is 5.32 Å². The average Bonchev–Trinajstić information content (AvgIpc) is 2.51. The molecule has 1 N–H and O–H groups in total. The first-order valence-corrected chi connectivity index (χ1v) is 6.63. The van der Waals surface area contributed by atoms with Gasteiger partial charge >= 0.3 is 12.1 Å². The molecule has 0 aliphatic heterocycles. The molecule has 0 radical (unpaired) electrons. The summed E-state index contributed by atoms with van der Waals surface area (Å²) in [4.78, 5) is 23.8. The molecule has 0 heterocycles. The summed E-state index contributed by atoms with van der Waals surface area (Å²) in [6.45, 7) is 1.55. The summed E-state index contributed by atoms with van der Waals surface area (Å²) in [6.07, 6.45) is -4.60. The van der Waals surface area contributed by atoms with Crippen molar-refractivity contribution in [3.05, 3.63) is 35.4 Å². The number of methoxy groups -OCH3 is 1. The molecular weight excluding hydrogens is 313 g/mol. The predicted octanol–water partition coefficient (Wildman–Crippen LogP) is 2.53. The van der Waals surface area contributed by atoms with Crippen molar-refractivity contribution >= 4 is 11.9 Å². The third-order valence-electron chi connectivity index (χ3n) is 3.18. The van der Waals surface area contributed by atoms with Crippen LogP contribution >= 0.6 is 0 Å². The molecule has 0 saturated carbocycles. The minimum absolute atomic E-state index is 0.0252. The van der Waals surface area contributed by atoms with Gasteiger partial charge in [-0.15, -0.1) is 0 Å². The van der Waals surface area contributed by atoms with Crippen molar-refractivity contribution < 1.29 is 27.5 Å².